The second kappa shape index (κ2) is 25.7. The number of hydrogen-bond donors (Lipinski definition) is 18. The molecule has 9 fully saturated rings. The molecular formula is C59H98O28. The number of fused-ring (bicyclic) bond motifs is 7. The number of allylic oxidation sites excluding steroid dienone is 2. The average molecular weight is 1260 g/mol. The van der Waals surface area contributed by atoms with Gasteiger partial charge in [-0.2, -0.15) is 0 Å². The van der Waals surface area contributed by atoms with Crippen molar-refractivity contribution >= 4 is 0 Å². The minimum atomic E-state index is -1.84. The van der Waals surface area contributed by atoms with Crippen LogP contribution < -0.4 is 0 Å². The first-order valence-corrected chi connectivity index (χ1v) is 31.0. The maximum absolute atomic E-state index is 12.9. The van der Waals surface area contributed by atoms with E-state index in [0.717, 1.165) is 6.42 Å². The summed E-state index contributed by atoms with van der Waals surface area (Å²) in [5.74, 6) is -0.296. The lowest BCUT2D eigenvalue weighted by Crippen LogP contribution is -2.68. The largest absolute Gasteiger partial charge is 0.394 e. The molecule has 28 nitrogen and oxygen atoms in total. The molecule has 0 spiro atoms. The third kappa shape index (κ3) is 12.0. The van der Waals surface area contributed by atoms with Gasteiger partial charge in [-0.1, -0.05) is 53.2 Å². The van der Waals surface area contributed by atoms with Gasteiger partial charge in [0.25, 0.3) is 0 Å². The fraction of sp³-hybridized carbons (Fsp3) is 0.966. The Balaban J connectivity index is 0.812. The van der Waals surface area contributed by atoms with Crippen LogP contribution in [-0.4, -0.2) is 298 Å². The SMILES string of the molecule is CC1(C)CC[C@]2(CO[C@@H]3O[C@H](CO[C@@H]4O[C@H](CO)[C@@H](O)[C@H](O)[C@H]4O)[C@@H](O)[C@H](O)[C@H]3O)[C@@H](O)C[C@]3(C)C(=CC[C@@H]4[C@@]5(C)CC[C@H](O)[C@@](C)(CO[C@@H]6O[C@H](CO[C@@H]7O[C@H](CO[C@@H]8OC[C@@H](O)[C@H](O)[C@H]8O)[C@@H](O)[C@H](O)[C@H]7O)[C@@H](O)[C@H](O)[C@H]6O)C5CC[C@]43C)[C@@H]2C1. The zero-order chi connectivity index (χ0) is 63.4. The van der Waals surface area contributed by atoms with Crippen molar-refractivity contribution in [2.45, 2.75) is 259 Å². The number of rotatable bonds is 16. The molecular weight excluding hydrogens is 1160 g/mol. The van der Waals surface area contributed by atoms with Gasteiger partial charge < -0.3 is 139 Å². The van der Waals surface area contributed by atoms with Gasteiger partial charge in [-0.05, 0) is 97.2 Å². The van der Waals surface area contributed by atoms with Crippen LogP contribution in [0.4, 0.5) is 0 Å². The summed E-state index contributed by atoms with van der Waals surface area (Å²) in [6.45, 7) is 10.3. The molecule has 0 aromatic carbocycles. The van der Waals surface area contributed by atoms with E-state index in [4.69, 9.17) is 47.4 Å². The van der Waals surface area contributed by atoms with Crippen LogP contribution in [0.3, 0.4) is 0 Å². The summed E-state index contributed by atoms with van der Waals surface area (Å²) in [6.07, 6.45) is -32.7. The summed E-state index contributed by atoms with van der Waals surface area (Å²) < 4.78 is 58.4. The second-order valence-electron chi connectivity index (χ2n) is 28.8. The van der Waals surface area contributed by atoms with Crippen molar-refractivity contribution in [2.75, 3.05) is 46.2 Å². The van der Waals surface area contributed by atoms with Crippen LogP contribution in [0, 0.1) is 50.2 Å². The van der Waals surface area contributed by atoms with Gasteiger partial charge in [0.1, 0.15) is 116 Å². The second-order valence-corrected chi connectivity index (χ2v) is 28.8. The Morgan fingerprint density at radius 2 is 0.908 bits per heavy atom. The Kier molecular flexibility index (Phi) is 20.3. The summed E-state index contributed by atoms with van der Waals surface area (Å²) in [4.78, 5) is 0. The van der Waals surface area contributed by atoms with Crippen molar-refractivity contribution in [3.63, 3.8) is 0 Å². The van der Waals surface area contributed by atoms with E-state index in [2.05, 4.69) is 40.7 Å². The van der Waals surface area contributed by atoms with Gasteiger partial charge in [-0.25, -0.2) is 0 Å². The van der Waals surface area contributed by atoms with Crippen LogP contribution in [0.1, 0.15) is 99.3 Å². The Hall–Kier alpha value is -1.38. The molecule has 0 amide bonds. The minimum Gasteiger partial charge on any atom is -0.394 e. The van der Waals surface area contributed by atoms with Crippen LogP contribution in [-0.2, 0) is 47.4 Å². The van der Waals surface area contributed by atoms with E-state index in [9.17, 15) is 91.9 Å². The highest BCUT2D eigenvalue weighted by Crippen LogP contribution is 2.76. The molecule has 5 aliphatic carbocycles. The molecule has 0 bridgehead atoms. The molecule has 0 aromatic heterocycles. The summed E-state index contributed by atoms with van der Waals surface area (Å²) in [5, 5.41) is 195. The first-order chi connectivity index (χ1) is 40.8. The van der Waals surface area contributed by atoms with E-state index < -0.39 is 208 Å². The summed E-state index contributed by atoms with van der Waals surface area (Å²) in [6, 6.07) is 0. The monoisotopic (exact) mass is 1250 g/mol. The minimum absolute atomic E-state index is 0.0463. The zero-order valence-electron chi connectivity index (χ0n) is 50.3. The molecule has 0 radical (unpaired) electrons. The van der Waals surface area contributed by atoms with Gasteiger partial charge in [0.15, 0.2) is 31.5 Å². The van der Waals surface area contributed by atoms with Gasteiger partial charge in [-0.15, -0.1) is 0 Å². The van der Waals surface area contributed by atoms with E-state index in [1.54, 1.807) is 0 Å². The first kappa shape index (κ1) is 68.5. The lowest BCUT2D eigenvalue weighted by molar-refractivity contribution is -0.342. The molecule has 87 heavy (non-hydrogen) atoms. The predicted molar refractivity (Wildman–Crippen MR) is 292 cm³/mol. The topological polar surface area (TPSA) is 456 Å². The van der Waals surface area contributed by atoms with Crippen LogP contribution in [0.25, 0.3) is 0 Å². The summed E-state index contributed by atoms with van der Waals surface area (Å²) in [5.41, 5.74) is -2.04. The highest BCUT2D eigenvalue weighted by atomic mass is 16.8. The van der Waals surface area contributed by atoms with Crippen molar-refractivity contribution in [1.29, 1.82) is 0 Å². The van der Waals surface area contributed by atoms with E-state index in [0.29, 0.717) is 51.4 Å². The van der Waals surface area contributed by atoms with Crippen molar-refractivity contribution in [3.05, 3.63) is 11.6 Å². The summed E-state index contributed by atoms with van der Waals surface area (Å²) >= 11 is 0. The Labute approximate surface area is 505 Å². The molecule has 18 N–H and O–H groups in total. The van der Waals surface area contributed by atoms with Crippen LogP contribution in [0.5, 0.6) is 0 Å². The maximum Gasteiger partial charge on any atom is 0.186 e. The molecule has 34 atom stereocenters. The predicted octanol–water partition coefficient (Wildman–Crippen LogP) is -5.16. The zero-order valence-corrected chi connectivity index (χ0v) is 50.3. The third-order valence-corrected chi connectivity index (χ3v) is 23.3. The molecule has 0 aromatic rings. The Bertz CT molecular complexity index is 2360. The van der Waals surface area contributed by atoms with E-state index in [1.165, 1.54) is 5.57 Å². The van der Waals surface area contributed by atoms with Crippen molar-refractivity contribution < 1.29 is 139 Å². The quantitative estimate of drug-likeness (QED) is 0.0643. The number of aliphatic hydroxyl groups is 18. The van der Waals surface area contributed by atoms with Gasteiger partial charge in [-0.3, -0.25) is 0 Å². The Morgan fingerprint density at radius 3 is 1.43 bits per heavy atom. The van der Waals surface area contributed by atoms with E-state index in [1.807, 2.05) is 6.92 Å². The normalized spacial score (nSPS) is 55.2. The first-order valence-electron chi connectivity index (χ1n) is 31.0. The van der Waals surface area contributed by atoms with Crippen LogP contribution in [0.2, 0.25) is 0 Å². The van der Waals surface area contributed by atoms with E-state index in [-0.39, 0.29) is 48.4 Å². The van der Waals surface area contributed by atoms with Crippen molar-refractivity contribution in [3.8, 4) is 0 Å². The molecule has 10 aliphatic rings. The molecule has 28 heteroatoms. The highest BCUT2D eigenvalue weighted by molar-refractivity contribution is 5.35. The van der Waals surface area contributed by atoms with Crippen LogP contribution >= 0.6 is 0 Å². The third-order valence-electron chi connectivity index (χ3n) is 23.3. The maximum atomic E-state index is 12.9. The fourth-order valence-electron chi connectivity index (χ4n) is 17.5. The number of ether oxygens (including phenoxy) is 10. The molecule has 10 rings (SSSR count). The molecule has 5 aliphatic heterocycles. The van der Waals surface area contributed by atoms with Gasteiger partial charge >= 0.3 is 0 Å². The Morgan fingerprint density at radius 1 is 0.448 bits per heavy atom. The average Bonchev–Trinajstić information content (AvgIpc) is 0.711. The van der Waals surface area contributed by atoms with Gasteiger partial charge in [0, 0.05) is 10.8 Å². The highest BCUT2D eigenvalue weighted by Gasteiger charge is 2.71. The smallest absolute Gasteiger partial charge is 0.186 e. The van der Waals surface area contributed by atoms with Gasteiger partial charge in [0.2, 0.25) is 0 Å². The van der Waals surface area contributed by atoms with Crippen molar-refractivity contribution in [2.24, 2.45) is 50.2 Å². The van der Waals surface area contributed by atoms with Crippen LogP contribution in [0.15, 0.2) is 11.6 Å². The lowest BCUT2D eigenvalue weighted by atomic mass is 9.33. The number of aliphatic hydroxyl groups excluding tert-OH is 18. The molecule has 5 saturated heterocycles. The van der Waals surface area contributed by atoms with E-state index >= 15 is 0 Å². The summed E-state index contributed by atoms with van der Waals surface area (Å²) in [7, 11) is 0. The molecule has 502 valence electrons. The molecule has 4 saturated carbocycles. The number of hydrogen-bond acceptors (Lipinski definition) is 28. The molecule has 5 heterocycles. The standard InChI is InChI=1S/C59H98O28/c1-54(2)13-14-59(23-83-53-48(77)43(72)39(68)30(87-53)20-80-50-45(74)40(69)36(65)27(17-60)84-50)25(15-54)24-7-8-32-55(3)11-10-33(62)56(4,31(55)9-12-57(32,5)58(24,6)16-34(59)63)22-82-52-47(76)42(71)38(67)29(86-52)21-81-51-46(75)41(70)37(66)28(85-51)19-79-49-44(73)35(64)26(61)18-78-49/h7,25-53,60-77H,8-23H2,1-6H3/t25-,26+,27+,28+,29+,30+,31?,32+,33-,34-,35-,36+,37+,38+,39+,40-,41-,42-,43-,44+,45+,46+,47+,48+,49-,50+,51+,52+,53+,55-,56-,57+,58+,59+/m0/s1. The lowest BCUT2D eigenvalue weighted by Gasteiger charge is -2.72. The van der Waals surface area contributed by atoms with Crippen molar-refractivity contribution in [1.82, 2.24) is 0 Å². The van der Waals surface area contributed by atoms with Gasteiger partial charge in [0.05, 0.1) is 58.5 Å². The molecule has 1 unspecified atom stereocenters. The fourth-order valence-corrected chi connectivity index (χ4v) is 17.5.